The number of amides is 3. The maximum absolute atomic E-state index is 13.9. The van der Waals surface area contributed by atoms with Crippen molar-refractivity contribution in [3.8, 4) is 0 Å². The lowest BCUT2D eigenvalue weighted by Gasteiger charge is -2.34. The Hall–Kier alpha value is -4.07. The van der Waals surface area contributed by atoms with Crippen LogP contribution in [0.1, 0.15) is 74.1 Å². The number of pyridine rings is 1. The second-order valence-electron chi connectivity index (χ2n) is 10.5. The highest BCUT2D eigenvalue weighted by atomic mass is 19.1. The van der Waals surface area contributed by atoms with Gasteiger partial charge in [0.2, 0.25) is 17.7 Å². The lowest BCUT2D eigenvalue weighted by Crippen LogP contribution is -2.47. The summed E-state index contributed by atoms with van der Waals surface area (Å²) in [4.78, 5) is 45.9. The number of halogens is 1. The van der Waals surface area contributed by atoms with Crippen LogP contribution >= 0.6 is 0 Å². The van der Waals surface area contributed by atoms with E-state index >= 15 is 0 Å². The zero-order valence-corrected chi connectivity index (χ0v) is 23.2. The molecule has 0 aliphatic heterocycles. The lowest BCUT2D eigenvalue weighted by molar-refractivity contribution is -0.127. The van der Waals surface area contributed by atoms with E-state index in [4.69, 9.17) is 0 Å². The Morgan fingerprint density at radius 3 is 2.30 bits per heavy atom. The summed E-state index contributed by atoms with van der Waals surface area (Å²) in [5, 5.41) is 5.90. The van der Waals surface area contributed by atoms with Crippen molar-refractivity contribution in [1.29, 1.82) is 0 Å². The Kier molecular flexibility index (Phi) is 10.00. The molecule has 8 heteroatoms. The third kappa shape index (κ3) is 7.97. The number of benzene rings is 2. The van der Waals surface area contributed by atoms with Crippen molar-refractivity contribution in [3.05, 3.63) is 89.4 Å². The highest BCUT2D eigenvalue weighted by Gasteiger charge is 2.34. The summed E-state index contributed by atoms with van der Waals surface area (Å²) in [5.41, 5.74) is 3.02. The summed E-state index contributed by atoms with van der Waals surface area (Å²) in [6, 6.07) is 15.8. The molecule has 3 aromatic rings. The van der Waals surface area contributed by atoms with Crippen LogP contribution in [0.25, 0.3) is 0 Å². The largest absolute Gasteiger partial charge is 0.351 e. The third-order valence-electron chi connectivity index (χ3n) is 7.12. The maximum Gasteiger partial charge on any atom is 0.248 e. The predicted octanol–water partition coefficient (Wildman–Crippen LogP) is 6.17. The number of hydrogen-bond acceptors (Lipinski definition) is 4. The fourth-order valence-electron chi connectivity index (χ4n) is 5.28. The van der Waals surface area contributed by atoms with Gasteiger partial charge in [0.25, 0.3) is 0 Å². The molecule has 0 bridgehead atoms. The summed E-state index contributed by atoms with van der Waals surface area (Å²) in [6.45, 7) is 3.88. The summed E-state index contributed by atoms with van der Waals surface area (Å²) in [5.74, 6) is -0.790. The molecule has 40 heavy (non-hydrogen) atoms. The molecule has 1 aliphatic carbocycles. The van der Waals surface area contributed by atoms with E-state index < -0.39 is 11.9 Å². The van der Waals surface area contributed by atoms with Crippen molar-refractivity contribution in [2.75, 3.05) is 10.2 Å². The Morgan fingerprint density at radius 1 is 0.950 bits per heavy atom. The Labute approximate surface area is 235 Å². The molecule has 2 aromatic carbocycles. The van der Waals surface area contributed by atoms with Crippen LogP contribution in [-0.2, 0) is 14.4 Å². The minimum atomic E-state index is -0.987. The number of aryl methyl sites for hydroxylation is 2. The molecular formula is C32H37FN4O3. The number of carbonyl (C=O) groups excluding carboxylic acids is 3. The van der Waals surface area contributed by atoms with Gasteiger partial charge in [-0.05, 0) is 86.2 Å². The van der Waals surface area contributed by atoms with E-state index in [1.807, 2.05) is 32.0 Å². The Balaban J connectivity index is 1.60. The molecule has 3 amide bonds. The van der Waals surface area contributed by atoms with Crippen LogP contribution in [0, 0.1) is 19.7 Å². The van der Waals surface area contributed by atoms with Gasteiger partial charge in [-0.3, -0.25) is 19.3 Å². The average molecular weight is 545 g/mol. The first-order chi connectivity index (χ1) is 19.3. The maximum atomic E-state index is 13.9. The van der Waals surface area contributed by atoms with Crippen LogP contribution < -0.4 is 15.5 Å². The van der Waals surface area contributed by atoms with Gasteiger partial charge in [-0.25, -0.2) is 9.37 Å². The number of carbonyl (C=O) groups is 3. The van der Waals surface area contributed by atoms with Crippen molar-refractivity contribution in [2.24, 2.45) is 0 Å². The molecular weight excluding hydrogens is 507 g/mol. The van der Waals surface area contributed by atoms with E-state index in [0.29, 0.717) is 23.5 Å². The van der Waals surface area contributed by atoms with Crippen molar-refractivity contribution in [3.63, 3.8) is 0 Å². The predicted molar refractivity (Wildman–Crippen MR) is 154 cm³/mol. The first-order valence-electron chi connectivity index (χ1n) is 14.0. The monoisotopic (exact) mass is 544 g/mol. The summed E-state index contributed by atoms with van der Waals surface area (Å²) in [6.07, 6.45) is 7.09. The number of hydrogen-bond donors (Lipinski definition) is 2. The van der Waals surface area contributed by atoms with Gasteiger partial charge in [0.1, 0.15) is 17.7 Å². The van der Waals surface area contributed by atoms with E-state index in [0.717, 1.165) is 43.2 Å². The standard InChI is InChI=1S/C32H37FN4O3/c1-22-19-23(2)21-27(20-22)37(30(39)13-8-12-29(38)36-28-11-6-7-18-34-28)31(24-14-16-25(33)17-15-24)32(40)35-26-9-4-3-5-10-26/h6-7,11,14-21,26,31H,3-5,8-10,12-13H2,1-2H3,(H,35,40)(H,34,36,38)/t31-/m1/s1. The first kappa shape index (κ1) is 28.9. The van der Waals surface area contributed by atoms with Gasteiger partial charge in [0.15, 0.2) is 0 Å². The zero-order chi connectivity index (χ0) is 28.5. The average Bonchev–Trinajstić information content (AvgIpc) is 2.92. The van der Waals surface area contributed by atoms with E-state index in [-0.39, 0.29) is 36.6 Å². The molecule has 0 spiro atoms. The molecule has 1 fully saturated rings. The van der Waals surface area contributed by atoms with Gasteiger partial charge in [-0.1, -0.05) is 43.5 Å². The number of anilines is 2. The lowest BCUT2D eigenvalue weighted by atomic mass is 9.94. The van der Waals surface area contributed by atoms with E-state index in [2.05, 4.69) is 15.6 Å². The van der Waals surface area contributed by atoms with Gasteiger partial charge in [-0.15, -0.1) is 0 Å². The highest BCUT2D eigenvalue weighted by molar-refractivity contribution is 6.01. The van der Waals surface area contributed by atoms with Crippen LogP contribution in [0.2, 0.25) is 0 Å². The molecule has 210 valence electrons. The van der Waals surface area contributed by atoms with Crippen LogP contribution in [0.15, 0.2) is 66.9 Å². The molecule has 7 nitrogen and oxygen atoms in total. The molecule has 1 aromatic heterocycles. The van der Waals surface area contributed by atoms with Crippen LogP contribution in [0.4, 0.5) is 15.9 Å². The van der Waals surface area contributed by atoms with Gasteiger partial charge >= 0.3 is 0 Å². The second kappa shape index (κ2) is 13.8. The second-order valence-corrected chi connectivity index (χ2v) is 10.5. The minimum absolute atomic E-state index is 0.0377. The molecule has 2 N–H and O–H groups in total. The number of nitrogens with one attached hydrogen (secondary N) is 2. The number of rotatable bonds is 10. The van der Waals surface area contributed by atoms with Gasteiger partial charge in [0, 0.05) is 30.8 Å². The third-order valence-corrected chi connectivity index (χ3v) is 7.12. The quantitative estimate of drug-likeness (QED) is 0.319. The molecule has 0 saturated heterocycles. The van der Waals surface area contributed by atoms with Gasteiger partial charge in [-0.2, -0.15) is 0 Å². The van der Waals surface area contributed by atoms with Gasteiger partial charge < -0.3 is 10.6 Å². The number of nitrogens with zero attached hydrogens (tertiary/aromatic N) is 2. The highest BCUT2D eigenvalue weighted by Crippen LogP contribution is 2.31. The van der Waals surface area contributed by atoms with E-state index in [1.165, 1.54) is 17.0 Å². The van der Waals surface area contributed by atoms with Crippen molar-refractivity contribution in [1.82, 2.24) is 10.3 Å². The summed E-state index contributed by atoms with van der Waals surface area (Å²) < 4.78 is 13.9. The summed E-state index contributed by atoms with van der Waals surface area (Å²) >= 11 is 0. The fraction of sp³-hybridized carbons (Fsp3) is 0.375. The minimum Gasteiger partial charge on any atom is -0.351 e. The molecule has 1 heterocycles. The Morgan fingerprint density at radius 2 is 1.65 bits per heavy atom. The zero-order valence-electron chi connectivity index (χ0n) is 23.2. The van der Waals surface area contributed by atoms with E-state index in [1.54, 1.807) is 36.5 Å². The first-order valence-corrected chi connectivity index (χ1v) is 14.0. The molecule has 0 radical (unpaired) electrons. The molecule has 1 aliphatic rings. The smallest absolute Gasteiger partial charge is 0.248 e. The Bertz CT molecular complexity index is 1290. The van der Waals surface area contributed by atoms with Crippen LogP contribution in [0.3, 0.4) is 0 Å². The fourth-order valence-corrected chi connectivity index (χ4v) is 5.28. The SMILES string of the molecule is Cc1cc(C)cc(N(C(=O)CCCC(=O)Nc2ccccn2)[C@@H](C(=O)NC2CCCCC2)c2ccc(F)cc2)c1. The topological polar surface area (TPSA) is 91.4 Å². The molecule has 1 saturated carbocycles. The normalized spacial score (nSPS) is 14.3. The molecule has 1 atom stereocenters. The summed E-state index contributed by atoms with van der Waals surface area (Å²) in [7, 11) is 0. The van der Waals surface area contributed by atoms with Gasteiger partial charge in [0.05, 0.1) is 0 Å². The molecule has 0 unspecified atom stereocenters. The van der Waals surface area contributed by atoms with Crippen molar-refractivity contribution in [2.45, 2.75) is 77.3 Å². The van der Waals surface area contributed by atoms with Crippen molar-refractivity contribution < 1.29 is 18.8 Å². The van der Waals surface area contributed by atoms with Crippen LogP contribution in [0.5, 0.6) is 0 Å². The van der Waals surface area contributed by atoms with Crippen LogP contribution in [-0.4, -0.2) is 28.7 Å². The van der Waals surface area contributed by atoms with E-state index in [9.17, 15) is 18.8 Å². The van der Waals surface area contributed by atoms with Crippen molar-refractivity contribution >= 4 is 29.2 Å². The molecule has 4 rings (SSSR count). The number of aromatic nitrogens is 1.